The number of anilines is 1. The number of amides is 2. The summed E-state index contributed by atoms with van der Waals surface area (Å²) in [6, 6.07) is 9.68. The molecule has 2 aromatic carbocycles. The highest BCUT2D eigenvalue weighted by Gasteiger charge is 2.31. The van der Waals surface area contributed by atoms with Crippen LogP contribution < -0.4 is 14.4 Å². The Bertz CT molecular complexity index is 1210. The summed E-state index contributed by atoms with van der Waals surface area (Å²) >= 11 is 3.35. The van der Waals surface area contributed by atoms with Gasteiger partial charge in [0.1, 0.15) is 24.0 Å². The van der Waals surface area contributed by atoms with Crippen LogP contribution in [0.15, 0.2) is 46.9 Å². The van der Waals surface area contributed by atoms with Crippen molar-refractivity contribution in [2.75, 3.05) is 30.8 Å². The third kappa shape index (κ3) is 7.65. The Hall–Kier alpha value is -3.19. The van der Waals surface area contributed by atoms with Crippen LogP contribution in [0.2, 0.25) is 0 Å². The Kier molecular flexibility index (Phi) is 10.2. The summed E-state index contributed by atoms with van der Waals surface area (Å²) in [7, 11) is -2.80. The van der Waals surface area contributed by atoms with Gasteiger partial charge in [-0.3, -0.25) is 24.0 Å². The highest BCUT2D eigenvalue weighted by molar-refractivity contribution is 9.10. The lowest BCUT2D eigenvalue weighted by Gasteiger charge is -2.31. The minimum Gasteiger partial charge on any atom is -0.495 e. The molecule has 36 heavy (non-hydrogen) atoms. The minimum atomic E-state index is -4.08. The molecule has 0 saturated carbocycles. The first-order valence-electron chi connectivity index (χ1n) is 11.0. The van der Waals surface area contributed by atoms with E-state index in [4.69, 9.17) is 4.74 Å². The van der Waals surface area contributed by atoms with Crippen molar-refractivity contribution in [1.82, 2.24) is 10.2 Å². The van der Waals surface area contributed by atoms with Crippen molar-refractivity contribution in [1.29, 1.82) is 0 Å². The van der Waals surface area contributed by atoms with Gasteiger partial charge in [-0.1, -0.05) is 35.0 Å². The summed E-state index contributed by atoms with van der Waals surface area (Å²) in [5.74, 6) is -1.02. The number of rotatable bonds is 12. The van der Waals surface area contributed by atoms with Crippen molar-refractivity contribution in [3.63, 3.8) is 0 Å². The summed E-state index contributed by atoms with van der Waals surface area (Å²) in [6.07, 6.45) is 1.59. The van der Waals surface area contributed by atoms with Crippen LogP contribution >= 0.6 is 15.9 Å². The van der Waals surface area contributed by atoms with Gasteiger partial charge < -0.3 is 15.0 Å². The number of nitro groups is 1. The number of sulfonamides is 1. The van der Waals surface area contributed by atoms with Gasteiger partial charge in [-0.15, -0.1) is 0 Å². The van der Waals surface area contributed by atoms with Gasteiger partial charge in [0.15, 0.2) is 0 Å². The van der Waals surface area contributed by atoms with Gasteiger partial charge in [-0.25, -0.2) is 8.42 Å². The van der Waals surface area contributed by atoms with E-state index in [1.807, 2.05) is 6.92 Å². The molecule has 11 nitrogen and oxygen atoms in total. The van der Waals surface area contributed by atoms with E-state index in [0.29, 0.717) is 13.0 Å². The molecule has 0 heterocycles. The zero-order valence-electron chi connectivity index (χ0n) is 20.4. The fourth-order valence-corrected chi connectivity index (χ4v) is 4.46. The summed E-state index contributed by atoms with van der Waals surface area (Å²) < 4.78 is 32.2. The first-order valence-corrected chi connectivity index (χ1v) is 13.6. The van der Waals surface area contributed by atoms with Crippen molar-refractivity contribution in [2.24, 2.45) is 0 Å². The molecular weight excluding hydrogens is 556 g/mol. The second kappa shape index (κ2) is 12.7. The standard InChI is InChI=1S/C23H29BrN4O7S/c1-5-12-25-23(30)16(2)26(14-17-6-8-18(24)9-7-17)22(29)15-27(36(4,33)34)20-13-19(28(31)32)10-11-21(20)35-3/h6-11,13,16H,5,12,14-15H2,1-4H3,(H,25,30). The van der Waals surface area contributed by atoms with E-state index in [2.05, 4.69) is 21.2 Å². The van der Waals surface area contributed by atoms with E-state index in [0.717, 1.165) is 26.7 Å². The van der Waals surface area contributed by atoms with E-state index >= 15 is 0 Å². The number of nitrogens with one attached hydrogen (secondary N) is 1. The van der Waals surface area contributed by atoms with Crippen molar-refractivity contribution >= 4 is 49.1 Å². The highest BCUT2D eigenvalue weighted by Crippen LogP contribution is 2.33. The number of halogens is 1. The van der Waals surface area contributed by atoms with Gasteiger partial charge >= 0.3 is 0 Å². The molecule has 0 spiro atoms. The Balaban J connectivity index is 2.49. The zero-order valence-corrected chi connectivity index (χ0v) is 22.8. The van der Waals surface area contributed by atoms with Gasteiger partial charge in [-0.2, -0.15) is 0 Å². The molecule has 2 amide bonds. The quantitative estimate of drug-likeness (QED) is 0.298. The Morgan fingerprint density at radius 1 is 1.19 bits per heavy atom. The number of nitro benzene ring substituents is 1. The van der Waals surface area contributed by atoms with Crippen molar-refractivity contribution < 1.29 is 27.7 Å². The predicted molar refractivity (Wildman–Crippen MR) is 139 cm³/mol. The van der Waals surface area contributed by atoms with Gasteiger partial charge in [0.2, 0.25) is 21.8 Å². The third-order valence-corrected chi connectivity index (χ3v) is 6.96. The lowest BCUT2D eigenvalue weighted by Crippen LogP contribution is -2.51. The second-order valence-electron chi connectivity index (χ2n) is 8.00. The lowest BCUT2D eigenvalue weighted by molar-refractivity contribution is -0.384. The number of hydrogen-bond acceptors (Lipinski definition) is 7. The SMILES string of the molecule is CCCNC(=O)C(C)N(Cc1ccc(Br)cc1)C(=O)CN(c1cc([N+](=O)[O-])ccc1OC)S(C)(=O)=O. The molecule has 0 fully saturated rings. The van der Waals surface area contributed by atoms with Crippen LogP contribution in [0.5, 0.6) is 5.75 Å². The number of benzene rings is 2. The van der Waals surface area contributed by atoms with Gasteiger partial charge in [-0.05, 0) is 37.1 Å². The van der Waals surface area contributed by atoms with Crippen molar-refractivity contribution in [3.05, 3.63) is 62.6 Å². The first-order chi connectivity index (χ1) is 16.9. The molecule has 2 rings (SSSR count). The Labute approximate surface area is 218 Å². The number of nitrogens with zero attached hydrogens (tertiary/aromatic N) is 3. The van der Waals surface area contributed by atoms with Crippen LogP contribution in [-0.2, 0) is 26.2 Å². The van der Waals surface area contributed by atoms with E-state index in [9.17, 15) is 28.1 Å². The maximum atomic E-state index is 13.5. The number of methoxy groups -OCH3 is 1. The molecule has 13 heteroatoms. The maximum Gasteiger partial charge on any atom is 0.271 e. The maximum absolute atomic E-state index is 13.5. The van der Waals surface area contributed by atoms with Crippen LogP contribution in [0.1, 0.15) is 25.8 Å². The molecule has 0 aliphatic heterocycles. The second-order valence-corrected chi connectivity index (χ2v) is 10.8. The molecule has 2 aromatic rings. The molecule has 0 saturated heterocycles. The summed E-state index contributed by atoms with van der Waals surface area (Å²) in [5, 5.41) is 14.1. The number of carbonyl (C=O) groups is 2. The molecule has 0 aromatic heterocycles. The normalized spacial score (nSPS) is 11.9. The molecule has 0 radical (unpaired) electrons. The average Bonchev–Trinajstić information content (AvgIpc) is 2.83. The van der Waals surface area contributed by atoms with E-state index in [-0.39, 0.29) is 29.6 Å². The number of ether oxygens (including phenoxy) is 1. The molecule has 0 aliphatic rings. The summed E-state index contributed by atoms with van der Waals surface area (Å²) in [6.45, 7) is 3.21. The van der Waals surface area contributed by atoms with Gasteiger partial charge in [0, 0.05) is 29.7 Å². The lowest BCUT2D eigenvalue weighted by atomic mass is 10.1. The van der Waals surface area contributed by atoms with Crippen molar-refractivity contribution in [3.8, 4) is 5.75 Å². The highest BCUT2D eigenvalue weighted by atomic mass is 79.9. The number of carbonyl (C=O) groups excluding carboxylic acids is 2. The average molecular weight is 585 g/mol. The van der Waals surface area contributed by atoms with Crippen LogP contribution in [0.25, 0.3) is 0 Å². The van der Waals surface area contributed by atoms with E-state index in [1.54, 1.807) is 31.2 Å². The largest absolute Gasteiger partial charge is 0.495 e. The van der Waals surface area contributed by atoms with Crippen molar-refractivity contribution in [2.45, 2.75) is 32.9 Å². The van der Waals surface area contributed by atoms with Crippen LogP contribution in [0.3, 0.4) is 0 Å². The van der Waals surface area contributed by atoms with Gasteiger partial charge in [0.05, 0.1) is 18.3 Å². The number of hydrogen-bond donors (Lipinski definition) is 1. The number of non-ortho nitro benzene ring substituents is 1. The fraction of sp³-hybridized carbons (Fsp3) is 0.391. The third-order valence-electron chi connectivity index (χ3n) is 5.30. The predicted octanol–water partition coefficient (Wildman–Crippen LogP) is 3.08. The smallest absolute Gasteiger partial charge is 0.271 e. The fourth-order valence-electron chi connectivity index (χ4n) is 3.35. The van der Waals surface area contributed by atoms with Crippen LogP contribution in [-0.4, -0.2) is 62.6 Å². The molecule has 196 valence electrons. The molecule has 1 atom stereocenters. The molecule has 0 bridgehead atoms. The zero-order chi connectivity index (χ0) is 27.0. The molecular formula is C23H29BrN4O7S. The minimum absolute atomic E-state index is 0.0343. The Morgan fingerprint density at radius 2 is 1.83 bits per heavy atom. The Morgan fingerprint density at radius 3 is 2.36 bits per heavy atom. The molecule has 1 N–H and O–H groups in total. The van der Waals surface area contributed by atoms with Crippen LogP contribution in [0.4, 0.5) is 11.4 Å². The summed E-state index contributed by atoms with van der Waals surface area (Å²) in [4.78, 5) is 38.2. The molecule has 1 unspecified atom stereocenters. The van der Waals surface area contributed by atoms with Gasteiger partial charge in [0.25, 0.3) is 5.69 Å². The van der Waals surface area contributed by atoms with E-state index < -0.39 is 33.4 Å². The molecule has 0 aliphatic carbocycles. The summed E-state index contributed by atoms with van der Waals surface area (Å²) in [5.41, 5.74) is 0.195. The van der Waals surface area contributed by atoms with E-state index in [1.165, 1.54) is 24.1 Å². The first kappa shape index (κ1) is 29.0. The topological polar surface area (TPSA) is 139 Å². The monoisotopic (exact) mass is 584 g/mol. The van der Waals surface area contributed by atoms with Crippen LogP contribution in [0, 0.1) is 10.1 Å².